The molecule has 0 spiro atoms. The highest BCUT2D eigenvalue weighted by molar-refractivity contribution is 7.99. The molecule has 0 aliphatic carbocycles. The van der Waals surface area contributed by atoms with Gasteiger partial charge in [-0.15, -0.1) is 0 Å². The van der Waals surface area contributed by atoms with Gasteiger partial charge < -0.3 is 14.2 Å². The minimum absolute atomic E-state index is 0.181. The molecule has 0 N–H and O–H groups in total. The lowest BCUT2D eigenvalue weighted by atomic mass is 9.98. The van der Waals surface area contributed by atoms with Crippen molar-refractivity contribution < 1.29 is 28.2 Å². The first-order valence-electron chi connectivity index (χ1n) is 9.42. The Morgan fingerprint density at radius 2 is 2.03 bits per heavy atom. The van der Waals surface area contributed by atoms with Gasteiger partial charge in [0.1, 0.15) is 18.1 Å². The topological polar surface area (TPSA) is 89.8 Å². The predicted molar refractivity (Wildman–Crippen MR) is 115 cm³/mol. The van der Waals surface area contributed by atoms with Crippen molar-refractivity contribution >= 4 is 46.9 Å². The zero-order valence-electron chi connectivity index (χ0n) is 17.5. The molecule has 1 aliphatic rings. The molecule has 0 bridgehead atoms. The number of thioether (sulfide) groups is 1. The van der Waals surface area contributed by atoms with Crippen molar-refractivity contribution in [1.29, 1.82) is 0 Å². The Morgan fingerprint density at radius 3 is 2.58 bits per heavy atom. The predicted octanol–water partition coefficient (Wildman–Crippen LogP) is 4.68. The summed E-state index contributed by atoms with van der Waals surface area (Å²) in [4.78, 5) is 23.9. The second-order valence-corrected chi connectivity index (χ2v) is 8.77. The number of halogens is 3. The van der Waals surface area contributed by atoms with Crippen LogP contribution < -0.4 is 0 Å². The standard InChI is InChI=1S/C19H24Cl2FN3O5S/c1-10(22)25(24-23-4)16-8-18(31-13-5-6-14(20)15(21)7-13)30-17(9-28-11(2)26)19(16)29-12(3)27/h5-7,10,16-19H,8-9H2,1-4H3/b24-23-/t10?,16-,17-,18-,19-/m1/s1. The van der Waals surface area contributed by atoms with Crippen molar-refractivity contribution in [2.75, 3.05) is 13.7 Å². The van der Waals surface area contributed by atoms with Crippen LogP contribution in [0.1, 0.15) is 27.2 Å². The molecule has 1 aromatic rings. The van der Waals surface area contributed by atoms with Gasteiger partial charge in [0.25, 0.3) is 0 Å². The van der Waals surface area contributed by atoms with E-state index >= 15 is 0 Å². The highest BCUT2D eigenvalue weighted by atomic mass is 35.5. The maximum Gasteiger partial charge on any atom is 0.303 e. The molecule has 0 amide bonds. The fourth-order valence-corrected chi connectivity index (χ4v) is 4.62. The van der Waals surface area contributed by atoms with Crippen molar-refractivity contribution in [2.45, 2.75) is 62.1 Å². The molecule has 0 radical (unpaired) electrons. The highest BCUT2D eigenvalue weighted by Crippen LogP contribution is 2.38. The van der Waals surface area contributed by atoms with E-state index in [9.17, 15) is 14.0 Å². The Bertz CT molecular complexity index is 817. The molecule has 1 aromatic carbocycles. The van der Waals surface area contributed by atoms with Gasteiger partial charge in [-0.1, -0.05) is 40.2 Å². The summed E-state index contributed by atoms with van der Waals surface area (Å²) in [5, 5.41) is 9.48. The van der Waals surface area contributed by atoms with Crippen LogP contribution in [0.5, 0.6) is 0 Å². The summed E-state index contributed by atoms with van der Waals surface area (Å²) in [6.07, 6.45) is -3.06. The molecule has 1 heterocycles. The smallest absolute Gasteiger partial charge is 0.303 e. The van der Waals surface area contributed by atoms with Gasteiger partial charge in [0.2, 0.25) is 0 Å². The second-order valence-electron chi connectivity index (χ2n) is 6.72. The van der Waals surface area contributed by atoms with Crippen LogP contribution in [0, 0.1) is 0 Å². The van der Waals surface area contributed by atoms with E-state index in [0.29, 0.717) is 10.0 Å². The molecule has 1 unspecified atom stereocenters. The van der Waals surface area contributed by atoms with E-state index in [1.807, 2.05) is 0 Å². The van der Waals surface area contributed by atoms with Crippen molar-refractivity contribution in [3.63, 3.8) is 0 Å². The van der Waals surface area contributed by atoms with Gasteiger partial charge >= 0.3 is 11.9 Å². The van der Waals surface area contributed by atoms with Gasteiger partial charge in [0.15, 0.2) is 12.4 Å². The molecule has 8 nitrogen and oxygen atoms in total. The van der Waals surface area contributed by atoms with Crippen LogP contribution in [0.4, 0.5) is 4.39 Å². The summed E-state index contributed by atoms with van der Waals surface area (Å²) in [5.41, 5.74) is -0.511. The monoisotopic (exact) mass is 495 g/mol. The third-order valence-corrected chi connectivity index (χ3v) is 6.15. The number of esters is 2. The number of nitrogens with zero attached hydrogens (tertiary/aromatic N) is 3. The highest BCUT2D eigenvalue weighted by Gasteiger charge is 2.46. The SMILES string of the molecule is C/N=N\N(C(C)F)[C@@H]1C[C@@H](Sc2ccc(Cl)c(Cl)c2)O[C@H](COC(C)=O)[C@@H]1OC(C)=O. The summed E-state index contributed by atoms with van der Waals surface area (Å²) in [6.45, 7) is 3.61. The molecule has 1 aliphatic heterocycles. The molecule has 12 heteroatoms. The number of carbonyl (C=O) groups is 2. The van der Waals surface area contributed by atoms with E-state index in [-0.39, 0.29) is 13.0 Å². The minimum atomic E-state index is -1.52. The first-order valence-corrected chi connectivity index (χ1v) is 11.1. The fraction of sp³-hybridized carbons (Fsp3) is 0.579. The lowest BCUT2D eigenvalue weighted by Crippen LogP contribution is -2.57. The second kappa shape index (κ2) is 11.8. The minimum Gasteiger partial charge on any atom is -0.463 e. The Labute approximate surface area is 194 Å². The third kappa shape index (κ3) is 7.48. The molecule has 2 rings (SSSR count). The lowest BCUT2D eigenvalue weighted by molar-refractivity contribution is -0.192. The van der Waals surface area contributed by atoms with Gasteiger partial charge in [0, 0.05) is 25.2 Å². The molecule has 5 atom stereocenters. The van der Waals surface area contributed by atoms with Crippen molar-refractivity contribution in [2.24, 2.45) is 10.3 Å². The van der Waals surface area contributed by atoms with Crippen molar-refractivity contribution in [1.82, 2.24) is 5.01 Å². The Balaban J connectivity index is 2.36. The summed E-state index contributed by atoms with van der Waals surface area (Å²) in [6, 6.07) is 4.40. The Kier molecular flexibility index (Phi) is 9.80. The quantitative estimate of drug-likeness (QED) is 0.224. The zero-order chi connectivity index (χ0) is 23.1. The number of rotatable bonds is 8. The molecular formula is C19H24Cl2FN3O5S. The van der Waals surface area contributed by atoms with Crippen LogP contribution >= 0.6 is 35.0 Å². The van der Waals surface area contributed by atoms with Gasteiger partial charge in [-0.25, -0.2) is 9.40 Å². The van der Waals surface area contributed by atoms with E-state index in [4.69, 9.17) is 37.4 Å². The Hall–Kier alpha value is -1.62. The van der Waals surface area contributed by atoms with E-state index in [1.54, 1.807) is 18.2 Å². The molecule has 0 aromatic heterocycles. The largest absolute Gasteiger partial charge is 0.463 e. The molecule has 31 heavy (non-hydrogen) atoms. The summed E-state index contributed by atoms with van der Waals surface area (Å²) in [7, 11) is 1.41. The van der Waals surface area contributed by atoms with Crippen molar-refractivity contribution in [3.8, 4) is 0 Å². The average Bonchev–Trinajstić information content (AvgIpc) is 2.68. The van der Waals surface area contributed by atoms with E-state index in [2.05, 4.69) is 10.3 Å². The zero-order valence-corrected chi connectivity index (χ0v) is 19.8. The van der Waals surface area contributed by atoms with Crippen LogP contribution in [-0.4, -0.2) is 60.6 Å². The third-order valence-electron chi connectivity index (χ3n) is 4.31. The van der Waals surface area contributed by atoms with Gasteiger partial charge in [0.05, 0.1) is 23.1 Å². The molecule has 0 saturated carbocycles. The van der Waals surface area contributed by atoms with Crippen LogP contribution in [0.25, 0.3) is 0 Å². The van der Waals surface area contributed by atoms with Crippen LogP contribution in [0.3, 0.4) is 0 Å². The van der Waals surface area contributed by atoms with E-state index in [0.717, 1.165) is 9.90 Å². The first-order chi connectivity index (χ1) is 14.6. The number of alkyl halides is 1. The maximum absolute atomic E-state index is 14.4. The van der Waals surface area contributed by atoms with Crippen LogP contribution in [0.2, 0.25) is 10.0 Å². The number of ether oxygens (including phenoxy) is 3. The normalized spacial score (nSPS) is 24.6. The summed E-state index contributed by atoms with van der Waals surface area (Å²) >= 11 is 13.4. The average molecular weight is 496 g/mol. The number of carbonyl (C=O) groups excluding carboxylic acids is 2. The lowest BCUT2D eigenvalue weighted by Gasteiger charge is -2.44. The Morgan fingerprint density at radius 1 is 1.32 bits per heavy atom. The fourth-order valence-electron chi connectivity index (χ4n) is 3.13. The summed E-state index contributed by atoms with van der Waals surface area (Å²) in [5.74, 6) is -1.10. The number of hydrogen-bond donors (Lipinski definition) is 0. The molecular weight excluding hydrogens is 472 g/mol. The van der Waals surface area contributed by atoms with Gasteiger partial charge in [-0.2, -0.15) is 5.11 Å². The van der Waals surface area contributed by atoms with Crippen LogP contribution in [-0.2, 0) is 23.8 Å². The molecule has 1 fully saturated rings. The van der Waals surface area contributed by atoms with Crippen molar-refractivity contribution in [3.05, 3.63) is 28.2 Å². The molecule has 172 valence electrons. The van der Waals surface area contributed by atoms with Gasteiger partial charge in [-0.05, 0) is 25.1 Å². The van der Waals surface area contributed by atoms with E-state index < -0.39 is 41.9 Å². The number of hydrogen-bond acceptors (Lipinski definition) is 8. The summed E-state index contributed by atoms with van der Waals surface area (Å²) < 4.78 is 31.0. The van der Waals surface area contributed by atoms with Gasteiger partial charge in [-0.3, -0.25) is 9.59 Å². The van der Waals surface area contributed by atoms with Crippen LogP contribution in [0.15, 0.2) is 33.4 Å². The number of benzene rings is 1. The molecule has 1 saturated heterocycles. The first kappa shape index (κ1) is 25.6. The maximum atomic E-state index is 14.4. The van der Waals surface area contributed by atoms with E-state index in [1.165, 1.54) is 39.6 Å².